The molecule has 0 atom stereocenters. The van der Waals surface area contributed by atoms with E-state index in [1.54, 1.807) is 0 Å². The van der Waals surface area contributed by atoms with Crippen LogP contribution in [-0.4, -0.2) is 12.7 Å². The first kappa shape index (κ1) is 14.1. The van der Waals surface area contributed by atoms with Gasteiger partial charge >= 0.3 is 0 Å². The van der Waals surface area contributed by atoms with Crippen LogP contribution < -0.4 is 14.8 Å². The van der Waals surface area contributed by atoms with Gasteiger partial charge in [-0.15, -0.1) is 0 Å². The second kappa shape index (κ2) is 5.30. The fourth-order valence-corrected chi connectivity index (χ4v) is 3.12. The van der Waals surface area contributed by atoms with Gasteiger partial charge in [0.05, 0.1) is 5.41 Å². The third-order valence-electron chi connectivity index (χ3n) is 4.81. The van der Waals surface area contributed by atoms with E-state index in [-0.39, 0.29) is 12.7 Å². The van der Waals surface area contributed by atoms with Crippen LogP contribution in [0.3, 0.4) is 0 Å². The summed E-state index contributed by atoms with van der Waals surface area (Å²) in [5.41, 5.74) is 2.97. The Labute approximate surface area is 135 Å². The van der Waals surface area contributed by atoms with E-state index in [1.807, 2.05) is 30.3 Å². The van der Waals surface area contributed by atoms with Gasteiger partial charge in [-0.05, 0) is 48.6 Å². The second-order valence-corrected chi connectivity index (χ2v) is 6.26. The molecule has 2 aromatic rings. The fourth-order valence-electron chi connectivity index (χ4n) is 3.12. The van der Waals surface area contributed by atoms with Gasteiger partial charge in [-0.25, -0.2) is 0 Å². The fraction of sp³-hybridized carbons (Fsp3) is 0.316. The molecule has 0 radical (unpaired) electrons. The highest BCUT2D eigenvalue weighted by Gasteiger charge is 2.51. The summed E-state index contributed by atoms with van der Waals surface area (Å²) in [6.07, 6.45) is 1.76. The highest BCUT2D eigenvalue weighted by molar-refractivity contribution is 5.91. The SMILES string of the molecule is Cc1ccccc1CNC(=O)C1(c2ccc3c(c2)OCO3)CC1. The van der Waals surface area contributed by atoms with Crippen molar-refractivity contribution in [2.24, 2.45) is 0 Å². The normalized spacial score (nSPS) is 16.9. The van der Waals surface area contributed by atoms with Gasteiger partial charge in [0.25, 0.3) is 0 Å². The van der Waals surface area contributed by atoms with Crippen LogP contribution >= 0.6 is 0 Å². The number of ether oxygens (including phenoxy) is 2. The molecule has 0 aromatic heterocycles. The first-order chi connectivity index (χ1) is 11.2. The highest BCUT2D eigenvalue weighted by atomic mass is 16.7. The van der Waals surface area contributed by atoms with E-state index < -0.39 is 5.41 Å². The van der Waals surface area contributed by atoms with Crippen molar-refractivity contribution in [1.29, 1.82) is 0 Å². The molecule has 2 aliphatic rings. The third kappa shape index (κ3) is 2.44. The molecule has 0 spiro atoms. The highest BCUT2D eigenvalue weighted by Crippen LogP contribution is 2.50. The summed E-state index contributed by atoms with van der Waals surface area (Å²) in [6.45, 7) is 2.88. The van der Waals surface area contributed by atoms with Gasteiger partial charge in [-0.3, -0.25) is 4.79 Å². The van der Waals surface area contributed by atoms with Crippen molar-refractivity contribution in [2.75, 3.05) is 6.79 Å². The molecule has 1 fully saturated rings. The minimum absolute atomic E-state index is 0.0969. The molecule has 4 rings (SSSR count). The second-order valence-electron chi connectivity index (χ2n) is 6.26. The molecule has 1 heterocycles. The molecule has 1 aliphatic carbocycles. The Hall–Kier alpha value is -2.49. The van der Waals surface area contributed by atoms with Gasteiger partial charge in [0.1, 0.15) is 0 Å². The van der Waals surface area contributed by atoms with Gasteiger partial charge in [-0.2, -0.15) is 0 Å². The predicted molar refractivity (Wildman–Crippen MR) is 86.5 cm³/mol. The van der Waals surface area contributed by atoms with Crippen molar-refractivity contribution >= 4 is 5.91 Å². The predicted octanol–water partition coefficient (Wildman–Crippen LogP) is 3.07. The number of rotatable bonds is 4. The van der Waals surface area contributed by atoms with Gasteiger partial charge in [-0.1, -0.05) is 30.3 Å². The zero-order valence-corrected chi connectivity index (χ0v) is 13.1. The standard InChI is InChI=1S/C19H19NO3/c1-13-4-2-3-5-14(13)11-20-18(21)19(8-9-19)15-6-7-16-17(10-15)23-12-22-16/h2-7,10H,8-9,11-12H2,1H3,(H,20,21). The van der Waals surface area contributed by atoms with Crippen LogP contribution in [0.4, 0.5) is 0 Å². The zero-order valence-electron chi connectivity index (χ0n) is 13.1. The van der Waals surface area contributed by atoms with Gasteiger partial charge in [0.2, 0.25) is 12.7 Å². The molecule has 4 heteroatoms. The first-order valence-electron chi connectivity index (χ1n) is 7.92. The lowest BCUT2D eigenvalue weighted by Gasteiger charge is -2.17. The molecule has 1 saturated carbocycles. The number of hydrogen-bond donors (Lipinski definition) is 1. The number of benzene rings is 2. The minimum atomic E-state index is -0.399. The maximum atomic E-state index is 12.7. The van der Waals surface area contributed by atoms with Crippen molar-refractivity contribution in [1.82, 2.24) is 5.32 Å². The Morgan fingerprint density at radius 1 is 1.13 bits per heavy atom. The van der Waals surface area contributed by atoms with E-state index in [4.69, 9.17) is 9.47 Å². The van der Waals surface area contributed by atoms with E-state index in [0.717, 1.165) is 35.5 Å². The molecular weight excluding hydrogens is 290 g/mol. The van der Waals surface area contributed by atoms with E-state index in [2.05, 4.69) is 24.4 Å². The van der Waals surface area contributed by atoms with E-state index in [1.165, 1.54) is 5.56 Å². The Morgan fingerprint density at radius 3 is 2.70 bits per heavy atom. The van der Waals surface area contributed by atoms with Crippen LogP contribution in [0.25, 0.3) is 0 Å². The number of carbonyl (C=O) groups excluding carboxylic acids is 1. The van der Waals surface area contributed by atoms with Crippen LogP contribution in [0, 0.1) is 6.92 Å². The lowest BCUT2D eigenvalue weighted by atomic mass is 9.94. The van der Waals surface area contributed by atoms with E-state index >= 15 is 0 Å². The number of carbonyl (C=O) groups is 1. The van der Waals surface area contributed by atoms with Crippen LogP contribution in [0.5, 0.6) is 11.5 Å². The van der Waals surface area contributed by atoms with E-state index in [9.17, 15) is 4.79 Å². The van der Waals surface area contributed by atoms with Crippen molar-refractivity contribution in [3.63, 3.8) is 0 Å². The summed E-state index contributed by atoms with van der Waals surface area (Å²) in [7, 11) is 0. The first-order valence-corrected chi connectivity index (χ1v) is 7.92. The van der Waals surface area contributed by atoms with Crippen molar-refractivity contribution in [3.05, 3.63) is 59.2 Å². The summed E-state index contributed by atoms with van der Waals surface area (Å²) in [5.74, 6) is 1.59. The molecule has 2 aromatic carbocycles. The number of aryl methyl sites for hydroxylation is 1. The monoisotopic (exact) mass is 309 g/mol. The van der Waals surface area contributed by atoms with Crippen LogP contribution in [0.15, 0.2) is 42.5 Å². The number of nitrogens with one attached hydrogen (secondary N) is 1. The molecule has 0 bridgehead atoms. The summed E-state index contributed by atoms with van der Waals surface area (Å²) in [6, 6.07) is 13.9. The van der Waals surface area contributed by atoms with Gasteiger partial charge in [0, 0.05) is 6.54 Å². The minimum Gasteiger partial charge on any atom is -0.454 e. The Kier molecular flexibility index (Phi) is 3.26. The maximum Gasteiger partial charge on any atom is 0.231 e. The number of amides is 1. The largest absolute Gasteiger partial charge is 0.454 e. The molecule has 1 amide bonds. The quantitative estimate of drug-likeness (QED) is 0.944. The van der Waals surface area contributed by atoms with Crippen LogP contribution in [-0.2, 0) is 16.8 Å². The smallest absolute Gasteiger partial charge is 0.231 e. The van der Waals surface area contributed by atoms with E-state index in [0.29, 0.717) is 6.54 Å². The zero-order chi connectivity index (χ0) is 15.9. The lowest BCUT2D eigenvalue weighted by molar-refractivity contribution is -0.123. The molecule has 23 heavy (non-hydrogen) atoms. The molecule has 118 valence electrons. The molecule has 0 saturated heterocycles. The van der Waals surface area contributed by atoms with Gasteiger partial charge in [0.15, 0.2) is 11.5 Å². The van der Waals surface area contributed by atoms with Crippen LogP contribution in [0.1, 0.15) is 29.5 Å². The van der Waals surface area contributed by atoms with Crippen molar-refractivity contribution < 1.29 is 14.3 Å². The van der Waals surface area contributed by atoms with Crippen LogP contribution in [0.2, 0.25) is 0 Å². The Bertz CT molecular complexity index is 765. The molecule has 0 unspecified atom stereocenters. The lowest BCUT2D eigenvalue weighted by Crippen LogP contribution is -2.34. The molecule has 1 aliphatic heterocycles. The topological polar surface area (TPSA) is 47.6 Å². The van der Waals surface area contributed by atoms with Crippen molar-refractivity contribution in [3.8, 4) is 11.5 Å². The Morgan fingerprint density at radius 2 is 1.91 bits per heavy atom. The number of hydrogen-bond acceptors (Lipinski definition) is 3. The molecule has 4 nitrogen and oxygen atoms in total. The average Bonchev–Trinajstić information content (AvgIpc) is 3.25. The van der Waals surface area contributed by atoms with Gasteiger partial charge < -0.3 is 14.8 Å². The summed E-state index contributed by atoms with van der Waals surface area (Å²) in [4.78, 5) is 12.7. The number of fused-ring (bicyclic) bond motifs is 1. The molecule has 1 N–H and O–H groups in total. The summed E-state index contributed by atoms with van der Waals surface area (Å²) < 4.78 is 10.8. The molecular formula is C19H19NO3. The summed E-state index contributed by atoms with van der Waals surface area (Å²) >= 11 is 0. The average molecular weight is 309 g/mol. The maximum absolute atomic E-state index is 12.7. The summed E-state index contributed by atoms with van der Waals surface area (Å²) in [5, 5.41) is 3.10. The Balaban J connectivity index is 1.50. The van der Waals surface area contributed by atoms with Crippen molar-refractivity contribution in [2.45, 2.75) is 31.7 Å². The third-order valence-corrected chi connectivity index (χ3v) is 4.81.